The van der Waals surface area contributed by atoms with E-state index in [0.29, 0.717) is 17.1 Å². The van der Waals surface area contributed by atoms with Crippen molar-refractivity contribution in [1.82, 2.24) is 10.9 Å². The van der Waals surface area contributed by atoms with Crippen molar-refractivity contribution < 1.29 is 24.0 Å². The van der Waals surface area contributed by atoms with Crippen LogP contribution in [0.5, 0.6) is 11.5 Å². The largest absolute Gasteiger partial charge is 0.493 e. The number of nitrogens with one attached hydrogen (secondary N) is 3. The predicted molar refractivity (Wildman–Crippen MR) is 96.6 cm³/mol. The molecule has 0 radical (unpaired) electrons. The molecule has 0 atom stereocenters. The number of anilines is 1. The van der Waals surface area contributed by atoms with Gasteiger partial charge in [-0.25, -0.2) is 10.2 Å². The van der Waals surface area contributed by atoms with Gasteiger partial charge in [-0.05, 0) is 23.8 Å². The summed E-state index contributed by atoms with van der Waals surface area (Å²) in [5.41, 5.74) is 5.14. The molecule has 142 valence electrons. The highest BCUT2D eigenvalue weighted by molar-refractivity contribution is 5.91. The zero-order valence-corrected chi connectivity index (χ0v) is 14.6. The molecule has 3 amide bonds. The lowest BCUT2D eigenvalue weighted by Crippen LogP contribution is -2.44. The number of amides is 3. The van der Waals surface area contributed by atoms with E-state index in [1.807, 2.05) is 0 Å². The number of ether oxygens (including phenoxy) is 2. The maximum Gasteiger partial charge on any atom is 0.337 e. The standard InChI is InChI=1S/C17H18N4O6/c1-26-14-7-6-11(8-15(14)27-2)9-16(22)19-20-17(23)18-12-4-3-5-13(10-12)21(24)25/h3-8,10H,9H2,1-2H3,(H,19,22)(H2,18,20,23). The third-order valence-electron chi connectivity index (χ3n) is 3.44. The summed E-state index contributed by atoms with van der Waals surface area (Å²) >= 11 is 0. The number of methoxy groups -OCH3 is 2. The van der Waals surface area contributed by atoms with Gasteiger partial charge in [0.1, 0.15) is 0 Å². The van der Waals surface area contributed by atoms with Gasteiger partial charge in [0.2, 0.25) is 5.91 Å². The fourth-order valence-electron chi connectivity index (χ4n) is 2.21. The summed E-state index contributed by atoms with van der Waals surface area (Å²) in [6, 6.07) is 9.70. The molecule has 0 aliphatic carbocycles. The van der Waals surface area contributed by atoms with Crippen LogP contribution in [0.1, 0.15) is 5.56 Å². The molecule has 0 saturated heterocycles. The molecule has 0 unspecified atom stereocenters. The predicted octanol–water partition coefficient (Wildman–Crippen LogP) is 2.01. The van der Waals surface area contributed by atoms with Gasteiger partial charge in [0, 0.05) is 17.8 Å². The Hall–Kier alpha value is -3.82. The first kappa shape index (κ1) is 19.5. The summed E-state index contributed by atoms with van der Waals surface area (Å²) in [6.45, 7) is 0. The lowest BCUT2D eigenvalue weighted by molar-refractivity contribution is -0.384. The third-order valence-corrected chi connectivity index (χ3v) is 3.44. The number of non-ortho nitro benzene ring substituents is 1. The highest BCUT2D eigenvalue weighted by Crippen LogP contribution is 2.27. The number of nitro groups is 1. The second kappa shape index (κ2) is 9.04. The number of urea groups is 1. The zero-order valence-electron chi connectivity index (χ0n) is 14.6. The quantitative estimate of drug-likeness (QED) is 0.523. The fraction of sp³-hybridized carbons (Fsp3) is 0.176. The maximum atomic E-state index is 12.0. The van der Waals surface area contributed by atoms with Gasteiger partial charge in [0.05, 0.1) is 25.6 Å². The van der Waals surface area contributed by atoms with Crippen LogP contribution < -0.4 is 25.6 Å². The third kappa shape index (κ3) is 5.59. The molecule has 0 aliphatic rings. The molecular formula is C17H18N4O6. The van der Waals surface area contributed by atoms with Crippen LogP contribution in [0.4, 0.5) is 16.2 Å². The highest BCUT2D eigenvalue weighted by Gasteiger charge is 2.11. The first-order chi connectivity index (χ1) is 12.9. The van der Waals surface area contributed by atoms with Gasteiger partial charge >= 0.3 is 6.03 Å². The van der Waals surface area contributed by atoms with Gasteiger partial charge in [-0.2, -0.15) is 0 Å². The molecule has 0 aliphatic heterocycles. The van der Waals surface area contributed by atoms with E-state index in [1.165, 1.54) is 38.5 Å². The van der Waals surface area contributed by atoms with Gasteiger partial charge in [0.25, 0.3) is 5.69 Å². The number of carbonyl (C=O) groups is 2. The van der Waals surface area contributed by atoms with Crippen molar-refractivity contribution in [1.29, 1.82) is 0 Å². The zero-order chi connectivity index (χ0) is 19.8. The molecule has 0 heterocycles. The molecule has 27 heavy (non-hydrogen) atoms. The molecule has 0 saturated carbocycles. The van der Waals surface area contributed by atoms with Crippen LogP contribution in [-0.4, -0.2) is 31.1 Å². The Morgan fingerprint density at radius 3 is 2.44 bits per heavy atom. The van der Waals surface area contributed by atoms with Crippen LogP contribution in [0.15, 0.2) is 42.5 Å². The first-order valence-corrected chi connectivity index (χ1v) is 7.74. The van der Waals surface area contributed by atoms with Gasteiger partial charge < -0.3 is 14.8 Å². The van der Waals surface area contributed by atoms with Crippen molar-refractivity contribution in [2.45, 2.75) is 6.42 Å². The Balaban J connectivity index is 1.87. The Labute approximate surface area is 154 Å². The number of carbonyl (C=O) groups excluding carboxylic acids is 2. The lowest BCUT2D eigenvalue weighted by Gasteiger charge is -2.11. The highest BCUT2D eigenvalue weighted by atomic mass is 16.6. The molecule has 0 fully saturated rings. The molecule has 3 N–H and O–H groups in total. The van der Waals surface area contributed by atoms with Crippen molar-refractivity contribution in [2.24, 2.45) is 0 Å². The van der Waals surface area contributed by atoms with E-state index in [9.17, 15) is 19.7 Å². The van der Waals surface area contributed by atoms with Crippen LogP contribution in [0.2, 0.25) is 0 Å². The summed E-state index contributed by atoms with van der Waals surface area (Å²) in [5.74, 6) is 0.562. The van der Waals surface area contributed by atoms with Crippen molar-refractivity contribution >= 4 is 23.3 Å². The van der Waals surface area contributed by atoms with Crippen LogP contribution in [0.25, 0.3) is 0 Å². The summed E-state index contributed by atoms with van der Waals surface area (Å²) in [4.78, 5) is 33.9. The number of benzene rings is 2. The number of hydrazine groups is 1. The first-order valence-electron chi connectivity index (χ1n) is 7.74. The summed E-state index contributed by atoms with van der Waals surface area (Å²) in [6.07, 6.45) is -0.00254. The number of nitrogens with zero attached hydrogens (tertiary/aromatic N) is 1. The monoisotopic (exact) mass is 374 g/mol. The topological polar surface area (TPSA) is 132 Å². The normalized spacial score (nSPS) is 9.85. The van der Waals surface area contributed by atoms with Crippen molar-refractivity contribution in [2.75, 3.05) is 19.5 Å². The molecule has 0 bridgehead atoms. The number of hydrogen-bond donors (Lipinski definition) is 3. The van der Waals surface area contributed by atoms with E-state index in [-0.39, 0.29) is 17.8 Å². The lowest BCUT2D eigenvalue weighted by atomic mass is 10.1. The number of hydrogen-bond acceptors (Lipinski definition) is 6. The Bertz CT molecular complexity index is 855. The Kier molecular flexibility index (Phi) is 6.53. The van der Waals surface area contributed by atoms with Gasteiger partial charge in [-0.3, -0.25) is 20.3 Å². The second-order valence-electron chi connectivity index (χ2n) is 5.30. The van der Waals surface area contributed by atoms with Gasteiger partial charge in [0.15, 0.2) is 11.5 Å². The van der Waals surface area contributed by atoms with Crippen molar-refractivity contribution in [3.05, 3.63) is 58.1 Å². The number of nitro benzene ring substituents is 1. The molecule has 2 rings (SSSR count). The molecule has 0 spiro atoms. The van der Waals surface area contributed by atoms with Crippen LogP contribution in [0, 0.1) is 10.1 Å². The van der Waals surface area contributed by atoms with E-state index in [1.54, 1.807) is 18.2 Å². The van der Waals surface area contributed by atoms with E-state index >= 15 is 0 Å². The van der Waals surface area contributed by atoms with Crippen molar-refractivity contribution in [3.63, 3.8) is 0 Å². The smallest absolute Gasteiger partial charge is 0.337 e. The van der Waals surface area contributed by atoms with E-state index < -0.39 is 16.9 Å². The molecule has 10 heteroatoms. The van der Waals surface area contributed by atoms with Crippen molar-refractivity contribution in [3.8, 4) is 11.5 Å². The Morgan fingerprint density at radius 1 is 1.04 bits per heavy atom. The fourth-order valence-corrected chi connectivity index (χ4v) is 2.21. The van der Waals surface area contributed by atoms with Gasteiger partial charge in [-0.1, -0.05) is 12.1 Å². The maximum absolute atomic E-state index is 12.0. The minimum absolute atomic E-state index is 0.00254. The summed E-state index contributed by atoms with van der Waals surface area (Å²) < 4.78 is 10.3. The average molecular weight is 374 g/mol. The second-order valence-corrected chi connectivity index (χ2v) is 5.30. The van der Waals surface area contributed by atoms with E-state index in [0.717, 1.165) is 0 Å². The summed E-state index contributed by atoms with van der Waals surface area (Å²) in [5, 5.41) is 13.1. The van der Waals surface area contributed by atoms with E-state index in [4.69, 9.17) is 9.47 Å². The van der Waals surface area contributed by atoms with Crippen LogP contribution in [0.3, 0.4) is 0 Å². The SMILES string of the molecule is COc1ccc(CC(=O)NNC(=O)Nc2cccc([N+](=O)[O-])c2)cc1OC. The minimum Gasteiger partial charge on any atom is -0.493 e. The van der Waals surface area contributed by atoms with Crippen LogP contribution in [-0.2, 0) is 11.2 Å². The van der Waals surface area contributed by atoms with E-state index in [2.05, 4.69) is 16.2 Å². The average Bonchev–Trinajstić information content (AvgIpc) is 2.66. The van der Waals surface area contributed by atoms with Crippen LogP contribution >= 0.6 is 0 Å². The molecule has 10 nitrogen and oxygen atoms in total. The number of rotatable bonds is 6. The minimum atomic E-state index is -0.740. The molecule has 0 aromatic heterocycles. The summed E-state index contributed by atoms with van der Waals surface area (Å²) in [7, 11) is 3.00. The Morgan fingerprint density at radius 2 is 1.78 bits per heavy atom. The van der Waals surface area contributed by atoms with Gasteiger partial charge in [-0.15, -0.1) is 0 Å². The molecule has 2 aromatic rings. The molecular weight excluding hydrogens is 356 g/mol. The molecule has 2 aromatic carbocycles.